The van der Waals surface area contributed by atoms with Gasteiger partial charge in [-0.05, 0) is 38.5 Å². The molecule has 0 spiro atoms. The highest BCUT2D eigenvalue weighted by Crippen LogP contribution is 2.33. The van der Waals surface area contributed by atoms with E-state index in [1.54, 1.807) is 0 Å². The third kappa shape index (κ3) is 3.68. The summed E-state index contributed by atoms with van der Waals surface area (Å²) in [6.45, 7) is 10.6. The van der Waals surface area contributed by atoms with Crippen LogP contribution in [0.15, 0.2) is 25.3 Å². The van der Waals surface area contributed by atoms with Gasteiger partial charge in [-0.15, -0.1) is 13.2 Å². The summed E-state index contributed by atoms with van der Waals surface area (Å²) in [4.78, 5) is 0. The van der Waals surface area contributed by atoms with Crippen LogP contribution in [0.5, 0.6) is 0 Å². The van der Waals surface area contributed by atoms with E-state index in [0.29, 0.717) is 13.2 Å². The second kappa shape index (κ2) is 6.69. The minimum Gasteiger partial charge on any atom is -0.375 e. The summed E-state index contributed by atoms with van der Waals surface area (Å²) in [5.74, 6) is 0. The Morgan fingerprint density at radius 2 is 1.37 bits per heavy atom. The topological polar surface area (TPSA) is 27.7 Å². The van der Waals surface area contributed by atoms with Crippen molar-refractivity contribution in [2.75, 3.05) is 26.4 Å². The van der Waals surface area contributed by atoms with Crippen LogP contribution in [0.1, 0.15) is 38.5 Å². The molecule has 2 rings (SSSR count). The molecule has 0 N–H and O–H groups in total. The molecule has 2 fully saturated rings. The molecule has 3 heteroatoms. The maximum Gasteiger partial charge on any atom is 0.0949 e. The fourth-order valence-corrected chi connectivity index (χ4v) is 3.13. The molecule has 2 saturated heterocycles. The van der Waals surface area contributed by atoms with Crippen LogP contribution < -0.4 is 0 Å². The lowest BCUT2D eigenvalue weighted by molar-refractivity contribution is -0.108. The van der Waals surface area contributed by atoms with Crippen molar-refractivity contribution in [3.63, 3.8) is 0 Å². The zero-order valence-corrected chi connectivity index (χ0v) is 11.9. The minimum absolute atomic E-state index is 0.143. The van der Waals surface area contributed by atoms with E-state index in [0.717, 1.165) is 51.7 Å². The van der Waals surface area contributed by atoms with E-state index in [2.05, 4.69) is 13.2 Å². The summed E-state index contributed by atoms with van der Waals surface area (Å²) in [6, 6.07) is 0. The van der Waals surface area contributed by atoms with Crippen LogP contribution in [0.2, 0.25) is 0 Å². The van der Waals surface area contributed by atoms with Gasteiger partial charge in [0.1, 0.15) is 0 Å². The van der Waals surface area contributed by atoms with E-state index in [1.165, 1.54) is 0 Å². The fraction of sp³-hybridized carbons (Fsp3) is 0.750. The van der Waals surface area contributed by atoms with E-state index in [4.69, 9.17) is 14.2 Å². The summed E-state index contributed by atoms with van der Waals surface area (Å²) in [7, 11) is 0. The molecule has 3 nitrogen and oxygen atoms in total. The Bertz CT molecular complexity index is 269. The minimum atomic E-state index is -0.143. The van der Waals surface area contributed by atoms with Gasteiger partial charge in [0.15, 0.2) is 0 Å². The monoisotopic (exact) mass is 266 g/mol. The molecular weight excluding hydrogens is 240 g/mol. The van der Waals surface area contributed by atoms with Gasteiger partial charge in [0, 0.05) is 13.2 Å². The van der Waals surface area contributed by atoms with Crippen LogP contribution in [0.3, 0.4) is 0 Å². The van der Waals surface area contributed by atoms with Crippen LogP contribution >= 0.6 is 0 Å². The smallest absolute Gasteiger partial charge is 0.0949 e. The molecule has 0 aliphatic carbocycles. The van der Waals surface area contributed by atoms with E-state index >= 15 is 0 Å². The summed E-state index contributed by atoms with van der Waals surface area (Å²) in [6.07, 6.45) is 9.95. The SMILES string of the molecule is C=CCC1(COCC2(CC=C)CCCO2)CCCO1. The van der Waals surface area contributed by atoms with Crippen LogP contribution in [0.25, 0.3) is 0 Å². The molecule has 0 aromatic rings. The molecule has 2 unspecified atom stereocenters. The first-order chi connectivity index (χ1) is 9.24. The lowest BCUT2D eigenvalue weighted by atomic mass is 9.95. The number of hydrogen-bond donors (Lipinski definition) is 0. The number of hydrogen-bond acceptors (Lipinski definition) is 3. The van der Waals surface area contributed by atoms with Crippen molar-refractivity contribution in [2.24, 2.45) is 0 Å². The molecule has 0 amide bonds. The largest absolute Gasteiger partial charge is 0.375 e. The van der Waals surface area contributed by atoms with Gasteiger partial charge in [0.05, 0.1) is 24.4 Å². The van der Waals surface area contributed by atoms with Gasteiger partial charge < -0.3 is 14.2 Å². The van der Waals surface area contributed by atoms with Crippen LogP contribution in [-0.4, -0.2) is 37.6 Å². The molecule has 2 atom stereocenters. The maximum atomic E-state index is 5.97. The number of ether oxygens (including phenoxy) is 3. The maximum absolute atomic E-state index is 5.97. The Balaban J connectivity index is 1.83. The van der Waals surface area contributed by atoms with Crippen molar-refractivity contribution < 1.29 is 14.2 Å². The third-order valence-corrected chi connectivity index (χ3v) is 4.13. The molecule has 0 radical (unpaired) electrons. The Labute approximate surface area is 116 Å². The average molecular weight is 266 g/mol. The molecule has 0 aromatic carbocycles. The Morgan fingerprint density at radius 1 is 0.895 bits per heavy atom. The average Bonchev–Trinajstić information content (AvgIpc) is 3.01. The molecule has 0 bridgehead atoms. The van der Waals surface area contributed by atoms with Crippen LogP contribution in [0.4, 0.5) is 0 Å². The van der Waals surface area contributed by atoms with Crippen molar-refractivity contribution in [2.45, 2.75) is 49.7 Å². The molecule has 19 heavy (non-hydrogen) atoms. The first kappa shape index (κ1) is 14.8. The second-order valence-electron chi connectivity index (χ2n) is 5.75. The highest BCUT2D eigenvalue weighted by molar-refractivity contribution is 4.94. The highest BCUT2D eigenvalue weighted by Gasteiger charge is 2.38. The molecule has 0 saturated carbocycles. The van der Waals surface area contributed by atoms with Gasteiger partial charge in [0.25, 0.3) is 0 Å². The van der Waals surface area contributed by atoms with Gasteiger partial charge in [-0.25, -0.2) is 0 Å². The van der Waals surface area contributed by atoms with E-state index in [-0.39, 0.29) is 11.2 Å². The molecule has 2 heterocycles. The second-order valence-corrected chi connectivity index (χ2v) is 5.75. The Morgan fingerprint density at radius 3 is 1.68 bits per heavy atom. The van der Waals surface area contributed by atoms with Gasteiger partial charge in [-0.2, -0.15) is 0 Å². The predicted molar refractivity (Wildman–Crippen MR) is 76.3 cm³/mol. The van der Waals surface area contributed by atoms with Crippen LogP contribution in [-0.2, 0) is 14.2 Å². The van der Waals surface area contributed by atoms with E-state index in [9.17, 15) is 0 Å². The number of rotatable bonds is 8. The van der Waals surface area contributed by atoms with Gasteiger partial charge >= 0.3 is 0 Å². The quantitative estimate of drug-likeness (QED) is 0.631. The first-order valence-corrected chi connectivity index (χ1v) is 7.32. The van der Waals surface area contributed by atoms with Crippen LogP contribution in [0, 0.1) is 0 Å². The van der Waals surface area contributed by atoms with Crippen molar-refractivity contribution in [3.05, 3.63) is 25.3 Å². The lowest BCUT2D eigenvalue weighted by Gasteiger charge is -2.31. The van der Waals surface area contributed by atoms with Gasteiger partial charge in [-0.1, -0.05) is 12.2 Å². The van der Waals surface area contributed by atoms with Gasteiger partial charge in [0.2, 0.25) is 0 Å². The fourth-order valence-electron chi connectivity index (χ4n) is 3.13. The predicted octanol–water partition coefficient (Wildman–Crippen LogP) is 3.25. The highest BCUT2D eigenvalue weighted by atomic mass is 16.6. The van der Waals surface area contributed by atoms with Crippen molar-refractivity contribution in [1.82, 2.24) is 0 Å². The van der Waals surface area contributed by atoms with E-state index < -0.39 is 0 Å². The summed E-state index contributed by atoms with van der Waals surface area (Å²) in [5.41, 5.74) is -0.286. The summed E-state index contributed by atoms with van der Waals surface area (Å²) in [5, 5.41) is 0. The normalized spacial score (nSPS) is 34.5. The Kier molecular flexibility index (Phi) is 5.20. The summed E-state index contributed by atoms with van der Waals surface area (Å²) < 4.78 is 17.7. The van der Waals surface area contributed by atoms with E-state index in [1.807, 2.05) is 12.2 Å². The first-order valence-electron chi connectivity index (χ1n) is 7.32. The lowest BCUT2D eigenvalue weighted by Crippen LogP contribution is -2.38. The zero-order chi connectivity index (χ0) is 13.6. The molecular formula is C16H26O3. The Hall–Kier alpha value is -0.640. The molecule has 108 valence electrons. The summed E-state index contributed by atoms with van der Waals surface area (Å²) >= 11 is 0. The van der Waals surface area contributed by atoms with Crippen molar-refractivity contribution >= 4 is 0 Å². The van der Waals surface area contributed by atoms with Crippen molar-refractivity contribution in [1.29, 1.82) is 0 Å². The zero-order valence-electron chi connectivity index (χ0n) is 11.9. The third-order valence-electron chi connectivity index (χ3n) is 4.13. The standard InChI is InChI=1S/C16H26O3/c1-3-7-15(9-5-11-18-15)13-17-14-16(8-4-2)10-6-12-19-16/h3-4H,1-2,5-14H2. The molecule has 2 aliphatic heterocycles. The molecule has 2 aliphatic rings. The molecule has 0 aromatic heterocycles. The van der Waals surface area contributed by atoms with Gasteiger partial charge in [-0.3, -0.25) is 0 Å². The van der Waals surface area contributed by atoms with Crippen molar-refractivity contribution in [3.8, 4) is 0 Å².